The molecule has 0 bridgehead atoms. The number of anilines is 1. The topological polar surface area (TPSA) is 88.9 Å². The van der Waals surface area contributed by atoms with Crippen LogP contribution in [-0.2, 0) is 11.3 Å². The van der Waals surface area contributed by atoms with Crippen molar-refractivity contribution in [3.05, 3.63) is 83.1 Å². The number of amides is 2. The molecule has 0 saturated carbocycles. The van der Waals surface area contributed by atoms with Crippen molar-refractivity contribution in [1.29, 1.82) is 0 Å². The van der Waals surface area contributed by atoms with Gasteiger partial charge < -0.3 is 15.2 Å². The van der Waals surface area contributed by atoms with Gasteiger partial charge in [0.2, 0.25) is 5.91 Å². The predicted molar refractivity (Wildman–Crippen MR) is 135 cm³/mol. The number of benzene rings is 2. The van der Waals surface area contributed by atoms with E-state index in [0.29, 0.717) is 28.8 Å². The number of hydrogen-bond donors (Lipinski definition) is 2. The van der Waals surface area contributed by atoms with E-state index in [-0.39, 0.29) is 29.5 Å². The molecule has 33 heavy (non-hydrogen) atoms. The second-order valence-electron chi connectivity index (χ2n) is 7.65. The van der Waals surface area contributed by atoms with Crippen molar-refractivity contribution in [2.45, 2.75) is 31.6 Å². The number of carbonyl (C=O) groups is 2. The fourth-order valence-electron chi connectivity index (χ4n) is 3.17. The Bertz CT molecular complexity index is 1120. The van der Waals surface area contributed by atoms with Crippen LogP contribution in [0.3, 0.4) is 0 Å². The third-order valence-electron chi connectivity index (χ3n) is 4.77. The Balaban J connectivity index is 1.74. The number of aromatic nitrogens is 3. The van der Waals surface area contributed by atoms with Crippen LogP contribution in [0.2, 0.25) is 0 Å². The molecule has 0 aliphatic carbocycles. The maximum absolute atomic E-state index is 12.8. The van der Waals surface area contributed by atoms with Gasteiger partial charge in [-0.1, -0.05) is 71.9 Å². The van der Waals surface area contributed by atoms with Gasteiger partial charge in [0.1, 0.15) is 0 Å². The number of thioether (sulfide) groups is 1. The summed E-state index contributed by atoms with van der Waals surface area (Å²) in [6.07, 6.45) is 1.74. The normalized spacial score (nSPS) is 11.8. The minimum atomic E-state index is -0.352. The highest BCUT2D eigenvalue weighted by Gasteiger charge is 2.26. The van der Waals surface area contributed by atoms with E-state index in [0.717, 1.165) is 4.47 Å². The van der Waals surface area contributed by atoms with Crippen molar-refractivity contribution in [2.75, 3.05) is 11.1 Å². The van der Waals surface area contributed by atoms with Gasteiger partial charge in [0, 0.05) is 22.3 Å². The third-order valence-corrected chi connectivity index (χ3v) is 6.23. The van der Waals surface area contributed by atoms with Gasteiger partial charge in [0.05, 0.1) is 11.8 Å². The van der Waals surface area contributed by atoms with E-state index in [1.807, 2.05) is 60.9 Å². The Morgan fingerprint density at radius 3 is 2.58 bits per heavy atom. The molecule has 1 atom stereocenters. The highest BCUT2D eigenvalue weighted by Crippen LogP contribution is 2.26. The van der Waals surface area contributed by atoms with E-state index in [2.05, 4.69) is 43.3 Å². The van der Waals surface area contributed by atoms with Crippen LogP contribution in [0.15, 0.2) is 76.9 Å². The Kier molecular flexibility index (Phi) is 8.85. The fourth-order valence-corrected chi connectivity index (χ4v) is 4.33. The summed E-state index contributed by atoms with van der Waals surface area (Å²) in [6.45, 7) is 8.32. The standard InChI is InChI=1S/C24H26BrN5O2S/c1-4-13-30-22(21(16(2)3)27-23(32)17-9-6-5-7-10-17)28-29-24(30)33-15-20(31)26-19-12-8-11-18(25)14-19/h4-12,14,16,21H,1,13,15H2,2-3H3,(H,26,31)(H,27,32)/t21-/m1/s1. The fraction of sp³-hybridized carbons (Fsp3) is 0.250. The lowest BCUT2D eigenvalue weighted by Gasteiger charge is -2.22. The van der Waals surface area contributed by atoms with Crippen molar-refractivity contribution >= 4 is 45.2 Å². The molecule has 7 nitrogen and oxygen atoms in total. The van der Waals surface area contributed by atoms with Crippen LogP contribution in [0.25, 0.3) is 0 Å². The summed E-state index contributed by atoms with van der Waals surface area (Å²) in [4.78, 5) is 25.2. The van der Waals surface area contributed by atoms with Crippen molar-refractivity contribution < 1.29 is 9.59 Å². The smallest absolute Gasteiger partial charge is 0.251 e. The number of rotatable bonds is 10. The van der Waals surface area contributed by atoms with Gasteiger partial charge in [-0.05, 0) is 36.2 Å². The van der Waals surface area contributed by atoms with Crippen molar-refractivity contribution in [1.82, 2.24) is 20.1 Å². The molecule has 2 amide bonds. The highest BCUT2D eigenvalue weighted by molar-refractivity contribution is 9.10. The van der Waals surface area contributed by atoms with Gasteiger partial charge in [0.25, 0.3) is 5.91 Å². The lowest BCUT2D eigenvalue weighted by Crippen LogP contribution is -2.33. The van der Waals surface area contributed by atoms with E-state index in [1.165, 1.54) is 11.8 Å². The Labute approximate surface area is 206 Å². The molecule has 2 N–H and O–H groups in total. The van der Waals surface area contributed by atoms with Crippen LogP contribution in [0.5, 0.6) is 0 Å². The van der Waals surface area contributed by atoms with E-state index in [1.54, 1.807) is 18.2 Å². The molecule has 3 rings (SSSR count). The Morgan fingerprint density at radius 2 is 1.91 bits per heavy atom. The molecule has 9 heteroatoms. The summed E-state index contributed by atoms with van der Waals surface area (Å²) >= 11 is 4.69. The Morgan fingerprint density at radius 1 is 1.15 bits per heavy atom. The van der Waals surface area contributed by atoms with E-state index < -0.39 is 0 Å². The quantitative estimate of drug-likeness (QED) is 0.283. The van der Waals surface area contributed by atoms with Crippen molar-refractivity contribution in [2.24, 2.45) is 5.92 Å². The molecule has 0 saturated heterocycles. The van der Waals surface area contributed by atoms with Crippen LogP contribution >= 0.6 is 27.7 Å². The Hall–Kier alpha value is -2.91. The van der Waals surface area contributed by atoms with E-state index in [4.69, 9.17) is 0 Å². The summed E-state index contributed by atoms with van der Waals surface area (Å²) in [5.41, 5.74) is 1.29. The average molecular weight is 528 g/mol. The highest BCUT2D eigenvalue weighted by atomic mass is 79.9. The molecular formula is C24H26BrN5O2S. The number of carbonyl (C=O) groups excluding carboxylic acids is 2. The number of allylic oxidation sites excluding steroid dienone is 1. The van der Waals surface area contributed by atoms with Crippen LogP contribution < -0.4 is 10.6 Å². The summed E-state index contributed by atoms with van der Waals surface area (Å²) in [5, 5.41) is 15.2. The zero-order chi connectivity index (χ0) is 23.8. The first-order valence-corrected chi connectivity index (χ1v) is 12.2. The molecule has 0 unspecified atom stereocenters. The predicted octanol–water partition coefficient (Wildman–Crippen LogP) is 5.08. The van der Waals surface area contributed by atoms with Crippen LogP contribution in [0.4, 0.5) is 5.69 Å². The minimum Gasteiger partial charge on any atom is -0.342 e. The molecule has 172 valence electrons. The molecular weight excluding hydrogens is 502 g/mol. The SMILES string of the molecule is C=CCn1c(SCC(=O)Nc2cccc(Br)c2)nnc1[C@H](NC(=O)c1ccccc1)C(C)C. The molecule has 0 spiro atoms. The first-order valence-electron chi connectivity index (χ1n) is 10.5. The largest absolute Gasteiger partial charge is 0.342 e. The van der Waals surface area contributed by atoms with Crippen LogP contribution in [0, 0.1) is 5.92 Å². The van der Waals surface area contributed by atoms with E-state index in [9.17, 15) is 9.59 Å². The lowest BCUT2D eigenvalue weighted by molar-refractivity contribution is -0.113. The molecule has 2 aromatic carbocycles. The average Bonchev–Trinajstić information content (AvgIpc) is 3.18. The summed E-state index contributed by atoms with van der Waals surface area (Å²) in [6, 6.07) is 16.1. The summed E-state index contributed by atoms with van der Waals surface area (Å²) in [7, 11) is 0. The minimum absolute atomic E-state index is 0.0723. The monoisotopic (exact) mass is 527 g/mol. The molecule has 1 aromatic heterocycles. The van der Waals surface area contributed by atoms with Crippen molar-refractivity contribution in [3.63, 3.8) is 0 Å². The maximum atomic E-state index is 12.8. The van der Waals surface area contributed by atoms with Crippen molar-refractivity contribution in [3.8, 4) is 0 Å². The van der Waals surface area contributed by atoms with Gasteiger partial charge in [-0.25, -0.2) is 0 Å². The molecule has 3 aromatic rings. The third kappa shape index (κ3) is 6.79. The lowest BCUT2D eigenvalue weighted by atomic mass is 10.0. The molecule has 0 aliphatic heterocycles. The van der Waals surface area contributed by atoms with Gasteiger partial charge in [-0.3, -0.25) is 9.59 Å². The van der Waals surface area contributed by atoms with E-state index >= 15 is 0 Å². The van der Waals surface area contributed by atoms with Gasteiger partial charge >= 0.3 is 0 Å². The van der Waals surface area contributed by atoms with Gasteiger partial charge in [0.15, 0.2) is 11.0 Å². The number of nitrogens with zero attached hydrogens (tertiary/aromatic N) is 3. The second kappa shape index (κ2) is 11.8. The maximum Gasteiger partial charge on any atom is 0.251 e. The first kappa shape index (κ1) is 24.7. The van der Waals surface area contributed by atoms with Crippen LogP contribution in [0.1, 0.15) is 36.1 Å². The molecule has 0 radical (unpaired) electrons. The summed E-state index contributed by atoms with van der Waals surface area (Å²) in [5.74, 6) is 0.549. The van der Waals surface area contributed by atoms with Gasteiger partial charge in [-0.15, -0.1) is 16.8 Å². The van der Waals surface area contributed by atoms with Crippen LogP contribution in [-0.4, -0.2) is 32.3 Å². The molecule has 0 aliphatic rings. The number of hydrogen-bond acceptors (Lipinski definition) is 5. The summed E-state index contributed by atoms with van der Waals surface area (Å²) < 4.78 is 2.78. The number of nitrogens with one attached hydrogen (secondary N) is 2. The molecule has 0 fully saturated rings. The first-order chi connectivity index (χ1) is 15.9. The molecule has 1 heterocycles. The number of halogens is 1. The zero-order valence-electron chi connectivity index (χ0n) is 18.5. The second-order valence-corrected chi connectivity index (χ2v) is 9.51. The van der Waals surface area contributed by atoms with Gasteiger partial charge in [-0.2, -0.15) is 0 Å². The zero-order valence-corrected chi connectivity index (χ0v) is 20.9.